The molecule has 1 saturated heterocycles. The Morgan fingerprint density at radius 1 is 1.29 bits per heavy atom. The number of nitrogens with zero attached hydrogens (tertiary/aromatic N) is 2. The molecule has 2 aromatic carbocycles. The summed E-state index contributed by atoms with van der Waals surface area (Å²) in [5.41, 5.74) is 1.14. The monoisotopic (exact) mass is 414 g/mol. The zero-order valence-corrected chi connectivity index (χ0v) is 17.0. The summed E-state index contributed by atoms with van der Waals surface area (Å²) in [7, 11) is 0. The van der Waals surface area contributed by atoms with Crippen LogP contribution in [0.1, 0.15) is 25.8 Å². The number of nitro groups is 1. The van der Waals surface area contributed by atoms with Gasteiger partial charge < -0.3 is 4.74 Å². The normalized spacial score (nSPS) is 16.5. The van der Waals surface area contributed by atoms with Gasteiger partial charge in [0.05, 0.1) is 21.6 Å². The molecule has 0 N–H and O–H groups in total. The highest BCUT2D eigenvalue weighted by molar-refractivity contribution is 8.27. The van der Waals surface area contributed by atoms with Gasteiger partial charge in [0.2, 0.25) is 0 Å². The summed E-state index contributed by atoms with van der Waals surface area (Å²) in [6.07, 6.45) is 2.81. The Labute approximate surface area is 172 Å². The molecule has 28 heavy (non-hydrogen) atoms. The number of benzene rings is 2. The van der Waals surface area contributed by atoms with Crippen LogP contribution < -0.4 is 9.64 Å². The standard InChI is InChI=1S/C20H18N2O4S2/c1-3-13(2)26-17-9-7-14(8-10-17)11-18-19(23)21(20(27)28-18)15-5-4-6-16(12-15)22(24)25/h4-13H,3H2,1-2H3/b18-11+/t13-/m0/s1. The third kappa shape index (κ3) is 4.40. The minimum absolute atomic E-state index is 0.0903. The van der Waals surface area contributed by atoms with Gasteiger partial charge in [-0.25, -0.2) is 0 Å². The van der Waals surface area contributed by atoms with Crippen LogP contribution in [0.2, 0.25) is 0 Å². The van der Waals surface area contributed by atoms with Gasteiger partial charge in [0.25, 0.3) is 11.6 Å². The van der Waals surface area contributed by atoms with Crippen LogP contribution in [0.25, 0.3) is 6.08 Å². The van der Waals surface area contributed by atoms with Crippen molar-refractivity contribution >= 4 is 51.7 Å². The zero-order chi connectivity index (χ0) is 20.3. The van der Waals surface area contributed by atoms with E-state index in [0.29, 0.717) is 14.9 Å². The number of amides is 1. The zero-order valence-electron chi connectivity index (χ0n) is 15.3. The average molecular weight is 415 g/mol. The van der Waals surface area contributed by atoms with Crippen LogP contribution in [0.3, 0.4) is 0 Å². The van der Waals surface area contributed by atoms with Crippen LogP contribution in [0.15, 0.2) is 53.4 Å². The first kappa shape index (κ1) is 20.0. The van der Waals surface area contributed by atoms with Crippen molar-refractivity contribution in [2.45, 2.75) is 26.4 Å². The lowest BCUT2D eigenvalue weighted by Gasteiger charge is -2.14. The molecule has 3 rings (SSSR count). The highest BCUT2D eigenvalue weighted by Crippen LogP contribution is 2.37. The molecule has 1 atom stereocenters. The van der Waals surface area contributed by atoms with Gasteiger partial charge in [0, 0.05) is 12.1 Å². The van der Waals surface area contributed by atoms with Gasteiger partial charge in [-0.2, -0.15) is 0 Å². The lowest BCUT2D eigenvalue weighted by Crippen LogP contribution is -2.27. The van der Waals surface area contributed by atoms with E-state index in [1.54, 1.807) is 12.1 Å². The Morgan fingerprint density at radius 2 is 2.00 bits per heavy atom. The van der Waals surface area contributed by atoms with Gasteiger partial charge in [-0.3, -0.25) is 19.8 Å². The maximum absolute atomic E-state index is 12.8. The number of carbonyl (C=O) groups is 1. The van der Waals surface area contributed by atoms with E-state index < -0.39 is 4.92 Å². The molecule has 1 aliphatic heterocycles. The van der Waals surface area contributed by atoms with Crippen LogP contribution in [-0.2, 0) is 4.79 Å². The minimum Gasteiger partial charge on any atom is -0.491 e. The predicted octanol–water partition coefficient (Wildman–Crippen LogP) is 5.18. The van der Waals surface area contributed by atoms with Crippen LogP contribution in [-0.4, -0.2) is 21.3 Å². The van der Waals surface area contributed by atoms with Gasteiger partial charge in [0.15, 0.2) is 4.32 Å². The van der Waals surface area contributed by atoms with E-state index in [4.69, 9.17) is 17.0 Å². The second-order valence-electron chi connectivity index (χ2n) is 6.20. The number of anilines is 1. The molecular weight excluding hydrogens is 396 g/mol. The van der Waals surface area contributed by atoms with E-state index in [-0.39, 0.29) is 17.7 Å². The summed E-state index contributed by atoms with van der Waals surface area (Å²) in [6.45, 7) is 4.07. The Bertz CT molecular complexity index is 957. The van der Waals surface area contributed by atoms with E-state index in [9.17, 15) is 14.9 Å². The van der Waals surface area contributed by atoms with E-state index >= 15 is 0 Å². The molecule has 1 heterocycles. The Balaban J connectivity index is 1.81. The Kier molecular flexibility index (Phi) is 6.11. The molecule has 8 heteroatoms. The van der Waals surface area contributed by atoms with Gasteiger partial charge in [-0.1, -0.05) is 49.1 Å². The van der Waals surface area contributed by atoms with Gasteiger partial charge in [0.1, 0.15) is 5.75 Å². The number of rotatable bonds is 6. The SMILES string of the molecule is CC[C@H](C)Oc1ccc(/C=C2/SC(=S)N(c3cccc([N+](=O)[O-])c3)C2=O)cc1. The Hall–Kier alpha value is -2.71. The molecule has 0 saturated carbocycles. The molecule has 6 nitrogen and oxygen atoms in total. The van der Waals surface area contributed by atoms with Gasteiger partial charge in [-0.05, 0) is 43.2 Å². The first-order valence-electron chi connectivity index (χ1n) is 8.68. The van der Waals surface area contributed by atoms with Crippen molar-refractivity contribution in [1.82, 2.24) is 0 Å². The molecule has 1 fully saturated rings. The third-order valence-electron chi connectivity index (χ3n) is 4.18. The van der Waals surface area contributed by atoms with Crippen molar-refractivity contribution in [1.29, 1.82) is 0 Å². The molecule has 144 valence electrons. The molecule has 2 aromatic rings. The third-order valence-corrected chi connectivity index (χ3v) is 5.48. The van der Waals surface area contributed by atoms with Crippen LogP contribution in [0, 0.1) is 10.1 Å². The maximum atomic E-state index is 12.8. The second kappa shape index (κ2) is 8.53. The van der Waals surface area contributed by atoms with Crippen molar-refractivity contribution < 1.29 is 14.5 Å². The predicted molar refractivity (Wildman–Crippen MR) is 116 cm³/mol. The fourth-order valence-corrected chi connectivity index (χ4v) is 3.84. The fourth-order valence-electron chi connectivity index (χ4n) is 2.55. The number of hydrogen-bond donors (Lipinski definition) is 0. The van der Waals surface area contributed by atoms with Crippen molar-refractivity contribution in [2.75, 3.05) is 4.90 Å². The highest BCUT2D eigenvalue weighted by atomic mass is 32.2. The van der Waals surface area contributed by atoms with Crippen molar-refractivity contribution in [3.63, 3.8) is 0 Å². The number of hydrogen-bond acceptors (Lipinski definition) is 6. The highest BCUT2D eigenvalue weighted by Gasteiger charge is 2.33. The number of nitro benzene ring substituents is 1. The maximum Gasteiger partial charge on any atom is 0.271 e. The van der Waals surface area contributed by atoms with E-state index in [1.807, 2.05) is 31.2 Å². The van der Waals surface area contributed by atoms with Crippen molar-refractivity contribution in [3.8, 4) is 5.75 Å². The molecule has 1 amide bonds. The minimum atomic E-state index is -0.500. The first-order valence-corrected chi connectivity index (χ1v) is 9.90. The largest absolute Gasteiger partial charge is 0.491 e. The summed E-state index contributed by atoms with van der Waals surface area (Å²) in [6, 6.07) is 13.3. The molecule has 0 radical (unpaired) electrons. The molecule has 0 aromatic heterocycles. The average Bonchev–Trinajstić information content (AvgIpc) is 2.96. The van der Waals surface area contributed by atoms with Crippen molar-refractivity contribution in [2.24, 2.45) is 0 Å². The summed E-state index contributed by atoms with van der Waals surface area (Å²) in [5, 5.41) is 11.0. The molecule has 0 bridgehead atoms. The molecule has 1 aliphatic rings. The van der Waals surface area contributed by atoms with E-state index in [1.165, 1.54) is 34.9 Å². The quantitative estimate of drug-likeness (QED) is 0.281. The Morgan fingerprint density at radius 3 is 2.64 bits per heavy atom. The topological polar surface area (TPSA) is 72.7 Å². The fraction of sp³-hybridized carbons (Fsp3) is 0.200. The number of thioether (sulfide) groups is 1. The van der Waals surface area contributed by atoms with E-state index in [2.05, 4.69) is 6.92 Å². The number of thiocarbonyl (C=S) groups is 1. The van der Waals surface area contributed by atoms with Crippen LogP contribution >= 0.6 is 24.0 Å². The second-order valence-corrected chi connectivity index (χ2v) is 7.88. The van der Waals surface area contributed by atoms with Gasteiger partial charge >= 0.3 is 0 Å². The van der Waals surface area contributed by atoms with Crippen LogP contribution in [0.5, 0.6) is 5.75 Å². The molecule has 0 aliphatic carbocycles. The number of non-ortho nitro benzene ring substituents is 1. The van der Waals surface area contributed by atoms with Gasteiger partial charge in [-0.15, -0.1) is 0 Å². The first-order chi connectivity index (χ1) is 13.4. The van der Waals surface area contributed by atoms with Crippen LogP contribution in [0.4, 0.5) is 11.4 Å². The van der Waals surface area contributed by atoms with E-state index in [0.717, 1.165) is 17.7 Å². The number of carbonyl (C=O) groups excluding carboxylic acids is 1. The lowest BCUT2D eigenvalue weighted by molar-refractivity contribution is -0.384. The molecular formula is C20H18N2O4S2. The molecule has 0 spiro atoms. The lowest BCUT2D eigenvalue weighted by atomic mass is 10.2. The summed E-state index contributed by atoms with van der Waals surface area (Å²) in [4.78, 5) is 25.1. The summed E-state index contributed by atoms with van der Waals surface area (Å²) < 4.78 is 6.10. The summed E-state index contributed by atoms with van der Waals surface area (Å²) in [5.74, 6) is 0.478. The summed E-state index contributed by atoms with van der Waals surface area (Å²) >= 11 is 6.49. The smallest absolute Gasteiger partial charge is 0.271 e. The molecule has 0 unspecified atom stereocenters. The van der Waals surface area contributed by atoms with Crippen molar-refractivity contribution in [3.05, 3.63) is 69.1 Å². The number of ether oxygens (including phenoxy) is 1.